The Balaban J connectivity index is 1.39. The van der Waals surface area contributed by atoms with Crippen LogP contribution in [0.5, 0.6) is 11.5 Å². The predicted molar refractivity (Wildman–Crippen MR) is 149 cm³/mol. The molecule has 2 aliphatic heterocycles. The summed E-state index contributed by atoms with van der Waals surface area (Å²) in [4.78, 5) is 14.8. The van der Waals surface area contributed by atoms with E-state index in [0.717, 1.165) is 68.4 Å². The maximum Gasteiger partial charge on any atom is 0.191 e. The fraction of sp³-hybridized carbons (Fsp3) is 0.520. The van der Waals surface area contributed by atoms with Crippen molar-refractivity contribution >= 4 is 35.2 Å². The second-order valence-electron chi connectivity index (χ2n) is 8.99. The van der Waals surface area contributed by atoms with Crippen molar-refractivity contribution in [3.05, 3.63) is 40.4 Å². The van der Waals surface area contributed by atoms with Gasteiger partial charge in [0, 0.05) is 55.1 Å². The van der Waals surface area contributed by atoms with Gasteiger partial charge in [0.05, 0.1) is 7.11 Å². The van der Waals surface area contributed by atoms with Gasteiger partial charge in [0.2, 0.25) is 0 Å². The molecule has 1 saturated heterocycles. The first-order valence-corrected chi connectivity index (χ1v) is 14.2. The first-order valence-electron chi connectivity index (χ1n) is 12.3. The Morgan fingerprint density at radius 3 is 2.56 bits per heavy atom. The molecule has 1 fully saturated rings. The van der Waals surface area contributed by atoms with Crippen LogP contribution in [0.15, 0.2) is 40.0 Å². The summed E-state index contributed by atoms with van der Waals surface area (Å²) in [6.45, 7) is 8.13. The largest absolute Gasteiger partial charge is 0.493 e. The number of likely N-dealkylation sites (N-methyl/N-ethyl adjacent to an activating group) is 1. The molecule has 36 heavy (non-hydrogen) atoms. The number of nitrogens with two attached hydrogens (primary N) is 2. The van der Waals surface area contributed by atoms with Crippen LogP contribution in [0.3, 0.4) is 0 Å². The summed E-state index contributed by atoms with van der Waals surface area (Å²) >= 11 is 3.40. The molecule has 2 aromatic rings. The molecule has 0 bridgehead atoms. The molecule has 11 heteroatoms. The van der Waals surface area contributed by atoms with Crippen molar-refractivity contribution < 1.29 is 9.47 Å². The summed E-state index contributed by atoms with van der Waals surface area (Å²) in [7, 11) is 3.86. The molecule has 0 amide bonds. The number of methoxy groups -OCH3 is 1. The van der Waals surface area contributed by atoms with E-state index < -0.39 is 0 Å². The van der Waals surface area contributed by atoms with Gasteiger partial charge < -0.3 is 31.2 Å². The fourth-order valence-electron chi connectivity index (χ4n) is 4.18. The third-order valence-corrected chi connectivity index (χ3v) is 8.46. The summed E-state index contributed by atoms with van der Waals surface area (Å²) in [5.41, 5.74) is 14.0. The number of piperazine rings is 1. The topological polar surface area (TPSA) is 115 Å². The van der Waals surface area contributed by atoms with Crippen LogP contribution in [0.2, 0.25) is 0 Å². The lowest BCUT2D eigenvalue weighted by molar-refractivity contribution is 0.133. The molecule has 0 saturated carbocycles. The van der Waals surface area contributed by atoms with Gasteiger partial charge >= 0.3 is 0 Å². The maximum atomic E-state index is 6.21. The lowest BCUT2D eigenvalue weighted by atomic mass is 10.2. The Hall–Kier alpha value is -2.34. The number of ether oxygens (including phenoxy) is 2. The van der Waals surface area contributed by atoms with Crippen molar-refractivity contribution in [3.63, 3.8) is 0 Å². The highest BCUT2D eigenvalue weighted by molar-refractivity contribution is 8.03. The van der Waals surface area contributed by atoms with Gasteiger partial charge in [-0.3, -0.25) is 4.90 Å². The molecule has 9 nitrogen and oxygen atoms in total. The van der Waals surface area contributed by atoms with Crippen LogP contribution in [-0.2, 0) is 0 Å². The van der Waals surface area contributed by atoms with Gasteiger partial charge in [0.1, 0.15) is 23.6 Å². The zero-order valence-corrected chi connectivity index (χ0v) is 23.0. The Morgan fingerprint density at radius 1 is 1.11 bits per heavy atom. The van der Waals surface area contributed by atoms with Gasteiger partial charge in [0.15, 0.2) is 16.7 Å². The molecule has 196 valence electrons. The predicted octanol–water partition coefficient (Wildman–Crippen LogP) is 3.41. The number of aromatic nitrogens is 2. The van der Waals surface area contributed by atoms with Gasteiger partial charge in [-0.05, 0) is 31.2 Å². The minimum absolute atomic E-state index is 0.111. The Labute approximate surface area is 222 Å². The first-order chi connectivity index (χ1) is 17.4. The molecule has 1 aromatic heterocycles. The maximum absolute atomic E-state index is 6.21. The highest BCUT2D eigenvalue weighted by Crippen LogP contribution is 2.45. The second kappa shape index (κ2) is 12.8. The van der Waals surface area contributed by atoms with E-state index in [1.807, 2.05) is 17.8 Å². The summed E-state index contributed by atoms with van der Waals surface area (Å²) in [5, 5.41) is 4.41. The van der Waals surface area contributed by atoms with Crippen molar-refractivity contribution in [1.29, 1.82) is 0 Å². The van der Waals surface area contributed by atoms with E-state index >= 15 is 0 Å². The summed E-state index contributed by atoms with van der Waals surface area (Å²) in [6, 6.07) is 7.78. The average Bonchev–Trinajstić information content (AvgIpc) is 3.26. The number of rotatable bonds is 11. The molecule has 1 aromatic carbocycles. The third-order valence-electron chi connectivity index (χ3n) is 6.22. The minimum Gasteiger partial charge on any atom is -0.493 e. The van der Waals surface area contributed by atoms with Crippen molar-refractivity contribution in [2.75, 3.05) is 70.7 Å². The third kappa shape index (κ3) is 7.12. The van der Waals surface area contributed by atoms with E-state index in [4.69, 9.17) is 20.9 Å². The Bertz CT molecular complexity index is 1040. The minimum atomic E-state index is 0.111. The molecular weight excluding hydrogens is 494 g/mol. The van der Waals surface area contributed by atoms with Crippen LogP contribution < -0.4 is 26.3 Å². The van der Waals surface area contributed by atoms with Crippen molar-refractivity contribution in [3.8, 4) is 11.5 Å². The molecule has 0 spiro atoms. The molecular formula is C25H37N7O2S2. The number of allylic oxidation sites excluding steroid dienone is 1. The number of nitrogens with zero attached hydrogens (tertiary/aromatic N) is 4. The van der Waals surface area contributed by atoms with Gasteiger partial charge in [-0.2, -0.15) is 0 Å². The number of thioether (sulfide) groups is 2. The van der Waals surface area contributed by atoms with Crippen LogP contribution in [0, 0.1) is 0 Å². The number of hydrogen-bond acceptors (Lipinski definition) is 11. The molecule has 4 rings (SSSR count). The van der Waals surface area contributed by atoms with Crippen LogP contribution in [0.1, 0.15) is 30.7 Å². The van der Waals surface area contributed by atoms with Crippen LogP contribution >= 0.6 is 23.5 Å². The normalized spacial score (nSPS) is 18.9. The Kier molecular flexibility index (Phi) is 9.47. The van der Waals surface area contributed by atoms with E-state index in [0.29, 0.717) is 23.4 Å². The number of benzene rings is 1. The van der Waals surface area contributed by atoms with Gasteiger partial charge in [-0.25, -0.2) is 9.97 Å². The van der Waals surface area contributed by atoms with Crippen molar-refractivity contribution in [2.45, 2.75) is 30.3 Å². The molecule has 0 aliphatic carbocycles. The molecule has 3 heterocycles. The zero-order chi connectivity index (χ0) is 25.5. The number of anilines is 2. The van der Waals surface area contributed by atoms with Crippen molar-refractivity contribution in [2.24, 2.45) is 0 Å². The summed E-state index contributed by atoms with van der Waals surface area (Å²) < 4.78 is 11.8. The fourth-order valence-corrected chi connectivity index (χ4v) is 6.51. The molecule has 5 N–H and O–H groups in total. The second-order valence-corrected chi connectivity index (χ2v) is 11.1. The summed E-state index contributed by atoms with van der Waals surface area (Å²) in [6.07, 6.45) is 2.10. The monoisotopic (exact) mass is 531 g/mol. The first kappa shape index (κ1) is 26.7. The van der Waals surface area contributed by atoms with E-state index in [-0.39, 0.29) is 5.37 Å². The molecule has 0 radical (unpaired) electrons. The SMILES string of the molecule is CCCC1=C(CSc2nc(N)cc(N)n2)NC(c2ccc(OC)c(OCCN3CCN(C)CC3)c2)S1. The highest BCUT2D eigenvalue weighted by Gasteiger charge is 2.26. The quantitative estimate of drug-likeness (QED) is 0.293. The van der Waals surface area contributed by atoms with E-state index in [2.05, 4.69) is 51.2 Å². The molecule has 1 unspecified atom stereocenters. The lowest BCUT2D eigenvalue weighted by Gasteiger charge is -2.32. The van der Waals surface area contributed by atoms with E-state index in [1.54, 1.807) is 13.2 Å². The van der Waals surface area contributed by atoms with Crippen LogP contribution in [-0.4, -0.2) is 79.0 Å². The lowest BCUT2D eigenvalue weighted by Crippen LogP contribution is -2.45. The number of hydrogen-bond donors (Lipinski definition) is 3. The van der Waals surface area contributed by atoms with E-state index in [1.165, 1.54) is 22.4 Å². The standard InChI is InChI=1S/C25H37N7O2S2/c1-4-5-21-18(16-35-25-29-22(26)15-23(27)30-25)28-24(36-21)17-6-7-19(33-3)20(14-17)34-13-12-32-10-8-31(2)9-11-32/h6-7,14-15,24,28H,4-5,8-13,16H2,1-3H3,(H4,26,27,29,30). The highest BCUT2D eigenvalue weighted by atomic mass is 32.2. The molecule has 1 atom stereocenters. The van der Waals surface area contributed by atoms with Crippen LogP contribution in [0.4, 0.5) is 11.6 Å². The summed E-state index contributed by atoms with van der Waals surface area (Å²) in [5.74, 6) is 3.05. The molecule has 2 aliphatic rings. The Morgan fingerprint density at radius 2 is 1.86 bits per heavy atom. The van der Waals surface area contributed by atoms with Gasteiger partial charge in [-0.15, -0.1) is 0 Å². The van der Waals surface area contributed by atoms with Gasteiger partial charge in [-0.1, -0.05) is 42.9 Å². The number of nitrogens with one attached hydrogen (secondary N) is 1. The van der Waals surface area contributed by atoms with Crippen molar-refractivity contribution in [1.82, 2.24) is 25.1 Å². The number of nitrogen functional groups attached to an aromatic ring is 2. The van der Waals surface area contributed by atoms with Crippen LogP contribution in [0.25, 0.3) is 0 Å². The smallest absolute Gasteiger partial charge is 0.191 e. The van der Waals surface area contributed by atoms with Gasteiger partial charge in [0.25, 0.3) is 0 Å². The average molecular weight is 532 g/mol. The zero-order valence-electron chi connectivity index (χ0n) is 21.3. The van der Waals surface area contributed by atoms with E-state index in [9.17, 15) is 0 Å².